The highest BCUT2D eigenvalue weighted by Crippen LogP contribution is 2.28. The number of hydrogen-bond donors (Lipinski definition) is 1. The Morgan fingerprint density at radius 2 is 2.00 bits per heavy atom. The van der Waals surface area contributed by atoms with Crippen molar-refractivity contribution in [2.45, 2.75) is 53.0 Å². The van der Waals surface area contributed by atoms with Gasteiger partial charge in [0, 0.05) is 27.2 Å². The molecule has 0 aromatic carbocycles. The van der Waals surface area contributed by atoms with Crippen LogP contribution in [0.1, 0.15) is 51.2 Å². The maximum atomic E-state index is 4.75. The van der Waals surface area contributed by atoms with Gasteiger partial charge in [0.2, 0.25) is 0 Å². The minimum Gasteiger partial charge on any atom is -0.357 e. The molecular formula is C17H32N6. The molecule has 1 aromatic heterocycles. The van der Waals surface area contributed by atoms with E-state index in [2.05, 4.69) is 41.3 Å². The Morgan fingerprint density at radius 1 is 1.30 bits per heavy atom. The van der Waals surface area contributed by atoms with E-state index in [4.69, 9.17) is 4.99 Å². The first-order valence-electron chi connectivity index (χ1n) is 8.85. The quantitative estimate of drug-likeness (QED) is 0.668. The Labute approximate surface area is 140 Å². The second-order valence-corrected chi connectivity index (χ2v) is 6.90. The maximum absolute atomic E-state index is 4.75. The monoisotopic (exact) mass is 320 g/mol. The lowest BCUT2D eigenvalue weighted by molar-refractivity contribution is 0.250. The predicted octanol–water partition coefficient (Wildman–Crippen LogP) is 2.35. The summed E-state index contributed by atoms with van der Waals surface area (Å²) in [5.74, 6) is 4.48. The van der Waals surface area contributed by atoms with E-state index in [1.165, 1.54) is 25.7 Å². The van der Waals surface area contributed by atoms with Gasteiger partial charge in [-0.15, -0.1) is 10.2 Å². The van der Waals surface area contributed by atoms with Crippen molar-refractivity contribution in [2.24, 2.45) is 23.9 Å². The molecule has 0 aliphatic heterocycles. The van der Waals surface area contributed by atoms with Crippen molar-refractivity contribution in [2.75, 3.05) is 20.1 Å². The zero-order valence-corrected chi connectivity index (χ0v) is 15.3. The molecule has 0 saturated heterocycles. The summed E-state index contributed by atoms with van der Waals surface area (Å²) in [6.07, 6.45) is 5.41. The third-order valence-corrected chi connectivity index (χ3v) is 4.92. The van der Waals surface area contributed by atoms with Crippen LogP contribution in [0.15, 0.2) is 4.99 Å². The normalized spacial score (nSPS) is 22.2. The van der Waals surface area contributed by atoms with Gasteiger partial charge in [0.25, 0.3) is 0 Å². The number of rotatable bonds is 5. The molecule has 1 aliphatic carbocycles. The Morgan fingerprint density at radius 3 is 2.57 bits per heavy atom. The molecule has 1 N–H and O–H groups in total. The van der Waals surface area contributed by atoms with E-state index in [0.717, 1.165) is 42.5 Å². The highest BCUT2D eigenvalue weighted by atomic mass is 15.3. The van der Waals surface area contributed by atoms with Crippen LogP contribution in [-0.4, -0.2) is 45.8 Å². The Balaban J connectivity index is 1.96. The lowest BCUT2D eigenvalue weighted by Crippen LogP contribution is -2.41. The Hall–Kier alpha value is -1.59. The highest BCUT2D eigenvalue weighted by Gasteiger charge is 2.20. The van der Waals surface area contributed by atoms with E-state index in [-0.39, 0.29) is 0 Å². The van der Waals surface area contributed by atoms with Crippen molar-refractivity contribution >= 4 is 5.96 Å². The zero-order valence-electron chi connectivity index (χ0n) is 15.3. The topological polar surface area (TPSA) is 58.3 Å². The Bertz CT molecular complexity index is 513. The van der Waals surface area contributed by atoms with Crippen LogP contribution in [-0.2, 0) is 13.6 Å². The van der Waals surface area contributed by atoms with Gasteiger partial charge < -0.3 is 14.8 Å². The first-order chi connectivity index (χ1) is 11.0. The molecule has 2 rings (SSSR count). The molecular weight excluding hydrogens is 288 g/mol. The fourth-order valence-electron chi connectivity index (χ4n) is 3.19. The van der Waals surface area contributed by atoms with E-state index < -0.39 is 0 Å². The summed E-state index contributed by atoms with van der Waals surface area (Å²) in [7, 11) is 4.13. The van der Waals surface area contributed by atoms with Crippen molar-refractivity contribution in [1.29, 1.82) is 0 Å². The number of hydrogen-bond acceptors (Lipinski definition) is 3. The molecule has 0 bridgehead atoms. The molecule has 1 aliphatic rings. The van der Waals surface area contributed by atoms with Crippen molar-refractivity contribution in [3.63, 3.8) is 0 Å². The molecule has 6 nitrogen and oxygen atoms in total. The van der Waals surface area contributed by atoms with Gasteiger partial charge in [0.15, 0.2) is 11.8 Å². The van der Waals surface area contributed by atoms with Gasteiger partial charge >= 0.3 is 0 Å². The summed E-state index contributed by atoms with van der Waals surface area (Å²) in [6, 6.07) is 0. The van der Waals surface area contributed by atoms with Gasteiger partial charge in [-0.2, -0.15) is 0 Å². The van der Waals surface area contributed by atoms with Crippen molar-refractivity contribution in [3.05, 3.63) is 11.6 Å². The fraction of sp³-hybridized carbons (Fsp3) is 0.824. The van der Waals surface area contributed by atoms with E-state index in [1.807, 2.05) is 18.5 Å². The average Bonchev–Trinajstić information content (AvgIpc) is 2.85. The Kier molecular flexibility index (Phi) is 6.42. The van der Waals surface area contributed by atoms with Crippen LogP contribution in [0, 0.1) is 18.8 Å². The van der Waals surface area contributed by atoms with Gasteiger partial charge in [-0.3, -0.25) is 0 Å². The average molecular weight is 320 g/mol. The molecule has 130 valence electrons. The molecule has 6 heteroatoms. The summed E-state index contributed by atoms with van der Waals surface area (Å²) in [4.78, 5) is 7.02. The molecule has 0 unspecified atom stereocenters. The lowest BCUT2D eigenvalue weighted by Gasteiger charge is -2.31. The van der Waals surface area contributed by atoms with Crippen LogP contribution in [0.5, 0.6) is 0 Å². The first kappa shape index (κ1) is 17.8. The minimum atomic E-state index is 0.561. The van der Waals surface area contributed by atoms with E-state index in [9.17, 15) is 0 Å². The van der Waals surface area contributed by atoms with Gasteiger partial charge in [0.1, 0.15) is 12.4 Å². The first-order valence-corrected chi connectivity index (χ1v) is 8.85. The highest BCUT2D eigenvalue weighted by molar-refractivity contribution is 5.79. The van der Waals surface area contributed by atoms with Crippen LogP contribution in [0.3, 0.4) is 0 Å². The third-order valence-electron chi connectivity index (χ3n) is 4.92. The van der Waals surface area contributed by atoms with Crippen LogP contribution < -0.4 is 5.32 Å². The van der Waals surface area contributed by atoms with Crippen molar-refractivity contribution in [1.82, 2.24) is 25.0 Å². The summed E-state index contributed by atoms with van der Waals surface area (Å²) in [5.41, 5.74) is 0. The van der Waals surface area contributed by atoms with Crippen LogP contribution in [0.2, 0.25) is 0 Å². The zero-order chi connectivity index (χ0) is 16.8. The van der Waals surface area contributed by atoms with Crippen LogP contribution >= 0.6 is 0 Å². The maximum Gasteiger partial charge on any atom is 0.194 e. The van der Waals surface area contributed by atoms with Gasteiger partial charge in [-0.25, -0.2) is 4.99 Å². The number of nitrogens with zero attached hydrogens (tertiary/aromatic N) is 5. The number of guanidine groups is 1. The molecule has 23 heavy (non-hydrogen) atoms. The molecule has 1 saturated carbocycles. The summed E-state index contributed by atoms with van der Waals surface area (Å²) >= 11 is 0. The standard InChI is InChI=1S/C17H32N6/c1-6-18-17(19-11-16-21-20-14(3)23(16)5)22(4)12-15-9-7-13(2)8-10-15/h13,15H,6-12H2,1-5H3,(H,18,19). The van der Waals surface area contributed by atoms with E-state index >= 15 is 0 Å². The second-order valence-electron chi connectivity index (χ2n) is 6.90. The number of aryl methyl sites for hydroxylation is 1. The van der Waals surface area contributed by atoms with Crippen molar-refractivity contribution < 1.29 is 0 Å². The molecule has 0 radical (unpaired) electrons. The molecule has 1 heterocycles. The van der Waals surface area contributed by atoms with Gasteiger partial charge in [0.05, 0.1) is 0 Å². The second kappa shape index (κ2) is 8.31. The SMILES string of the molecule is CCNC(=NCc1nnc(C)n1C)N(C)CC1CCC(C)CC1. The van der Waals surface area contributed by atoms with Gasteiger partial charge in [-0.1, -0.05) is 19.8 Å². The van der Waals surface area contributed by atoms with Crippen LogP contribution in [0.25, 0.3) is 0 Å². The molecule has 0 spiro atoms. The van der Waals surface area contributed by atoms with E-state index in [1.54, 1.807) is 0 Å². The molecule has 1 fully saturated rings. The summed E-state index contributed by atoms with van der Waals surface area (Å²) < 4.78 is 2.00. The third kappa shape index (κ3) is 4.94. The number of nitrogens with one attached hydrogen (secondary N) is 1. The van der Waals surface area contributed by atoms with Crippen molar-refractivity contribution in [3.8, 4) is 0 Å². The van der Waals surface area contributed by atoms with E-state index in [0.29, 0.717) is 6.54 Å². The van der Waals surface area contributed by atoms with Gasteiger partial charge in [-0.05, 0) is 38.5 Å². The minimum absolute atomic E-state index is 0.561. The number of aliphatic imine (C=N–C) groups is 1. The largest absolute Gasteiger partial charge is 0.357 e. The number of aromatic nitrogens is 3. The summed E-state index contributed by atoms with van der Waals surface area (Å²) in [5, 5.41) is 11.7. The lowest BCUT2D eigenvalue weighted by atomic mass is 9.83. The molecule has 1 aromatic rings. The predicted molar refractivity (Wildman–Crippen MR) is 94.3 cm³/mol. The summed E-state index contributed by atoms with van der Waals surface area (Å²) in [6.45, 7) is 8.96. The smallest absolute Gasteiger partial charge is 0.194 e. The molecule has 0 amide bonds. The van der Waals surface area contributed by atoms with Crippen LogP contribution in [0.4, 0.5) is 0 Å². The molecule has 0 atom stereocenters. The fourth-order valence-corrected chi connectivity index (χ4v) is 3.19.